The number of hydrogen-bond acceptors (Lipinski definition) is 2. The zero-order valence-corrected chi connectivity index (χ0v) is 19.5. The van der Waals surface area contributed by atoms with Crippen LogP contribution in [-0.4, -0.2) is 36.6 Å². The smallest absolute Gasteiger partial charge is 0.312 e. The average molecular weight is 459 g/mol. The monoisotopic (exact) mass is 458 g/mol. The van der Waals surface area contributed by atoms with E-state index in [0.717, 1.165) is 76.0 Å². The molecular weight excluding hydrogens is 424 g/mol. The Labute approximate surface area is 197 Å². The van der Waals surface area contributed by atoms with Crippen molar-refractivity contribution in [2.24, 2.45) is 5.92 Å². The maximum Gasteiger partial charge on any atom is 0.312 e. The first-order chi connectivity index (χ1) is 15.1. The summed E-state index contributed by atoms with van der Waals surface area (Å²) >= 11 is 0. The fourth-order valence-electron chi connectivity index (χ4n) is 4.47. The van der Waals surface area contributed by atoms with Crippen molar-refractivity contribution in [3.63, 3.8) is 0 Å². The third kappa shape index (κ3) is 7.95. The van der Waals surface area contributed by atoms with Crippen LogP contribution >= 0.6 is 0 Å². The standard InChI is InChI=1S/C26H34N2O3.ClH/c29-25(28(23-14-6-4-7-15-23)24-16-8-5-9-17-24)18-10-2-1-3-11-19-27-20-12-13-22(21-27)26(30)31;/h4-9,14-17,22H,1-3,10-13,18-21H2,(H,30,31);1H/t22-;/m1./s1. The molecule has 2 aromatic carbocycles. The summed E-state index contributed by atoms with van der Waals surface area (Å²) in [4.78, 5) is 27.4. The minimum absolute atomic E-state index is 0. The number of likely N-dealkylation sites (tertiary alicyclic amines) is 1. The topological polar surface area (TPSA) is 62.0 Å². The Morgan fingerprint density at radius 3 is 2.03 bits per heavy atom. The summed E-state index contributed by atoms with van der Waals surface area (Å²) in [6, 6.07) is 19.7. The Hall–Kier alpha value is -2.37. The van der Waals surface area contributed by atoms with E-state index in [-0.39, 0.29) is 24.2 Å². The van der Waals surface area contributed by atoms with E-state index in [1.807, 2.05) is 65.6 Å². The van der Waals surface area contributed by atoms with E-state index in [9.17, 15) is 14.7 Å². The van der Waals surface area contributed by atoms with Crippen LogP contribution in [-0.2, 0) is 9.59 Å². The molecule has 1 fully saturated rings. The van der Waals surface area contributed by atoms with E-state index in [2.05, 4.69) is 0 Å². The Bertz CT molecular complexity index is 777. The van der Waals surface area contributed by atoms with Crippen molar-refractivity contribution in [1.82, 2.24) is 0 Å². The molecule has 2 atom stereocenters. The molecule has 0 aromatic heterocycles. The Morgan fingerprint density at radius 1 is 0.875 bits per heavy atom. The van der Waals surface area contributed by atoms with Gasteiger partial charge in [-0.1, -0.05) is 49.2 Å². The molecule has 0 radical (unpaired) electrons. The third-order valence-electron chi connectivity index (χ3n) is 6.17. The zero-order chi connectivity index (χ0) is 21.9. The molecule has 0 aliphatic carbocycles. The number of unbranched alkanes of at least 4 members (excludes halogenated alkanes) is 4. The van der Waals surface area contributed by atoms with Gasteiger partial charge in [-0.2, -0.15) is 0 Å². The number of amides is 1. The SMILES string of the molecule is O=C(O)[C@@H]1CCC[NH+](CCCCCCCC(=O)N(c2ccccc2)c2ccccc2)C1.[Cl-]. The number of carbonyl (C=O) groups excluding carboxylic acids is 1. The summed E-state index contributed by atoms with van der Waals surface area (Å²) < 4.78 is 0. The lowest BCUT2D eigenvalue weighted by atomic mass is 9.98. The number of carboxylic acids is 1. The van der Waals surface area contributed by atoms with Crippen LogP contribution in [0.1, 0.15) is 51.4 Å². The summed E-state index contributed by atoms with van der Waals surface area (Å²) in [5.41, 5.74) is 1.81. The molecule has 5 nitrogen and oxygen atoms in total. The van der Waals surface area contributed by atoms with Gasteiger partial charge in [0.2, 0.25) is 5.91 Å². The molecule has 1 saturated heterocycles. The number of rotatable bonds is 11. The minimum Gasteiger partial charge on any atom is -1.00 e. The van der Waals surface area contributed by atoms with Crippen LogP contribution in [0.3, 0.4) is 0 Å². The van der Waals surface area contributed by atoms with E-state index in [4.69, 9.17) is 0 Å². The van der Waals surface area contributed by atoms with Crippen LogP contribution in [0, 0.1) is 5.92 Å². The second-order valence-corrected chi connectivity index (χ2v) is 8.55. The predicted octanol–water partition coefficient (Wildman–Crippen LogP) is 1.08. The molecule has 3 rings (SSSR count). The van der Waals surface area contributed by atoms with Crippen molar-refractivity contribution in [2.45, 2.75) is 51.4 Å². The quantitative estimate of drug-likeness (QED) is 0.495. The van der Waals surface area contributed by atoms with Crippen LogP contribution < -0.4 is 22.2 Å². The van der Waals surface area contributed by atoms with Crippen LogP contribution in [0.4, 0.5) is 11.4 Å². The molecule has 2 N–H and O–H groups in total. The van der Waals surface area contributed by atoms with Crippen LogP contribution in [0.15, 0.2) is 60.7 Å². The van der Waals surface area contributed by atoms with Gasteiger partial charge in [0, 0.05) is 17.8 Å². The van der Waals surface area contributed by atoms with Gasteiger partial charge in [-0.25, -0.2) is 0 Å². The first-order valence-electron chi connectivity index (χ1n) is 11.6. The van der Waals surface area contributed by atoms with Crippen LogP contribution in [0.5, 0.6) is 0 Å². The van der Waals surface area contributed by atoms with Gasteiger partial charge in [-0.15, -0.1) is 0 Å². The molecule has 1 unspecified atom stereocenters. The highest BCUT2D eigenvalue weighted by Crippen LogP contribution is 2.26. The summed E-state index contributed by atoms with van der Waals surface area (Å²) in [5, 5.41) is 9.21. The molecule has 1 amide bonds. The Morgan fingerprint density at radius 2 is 1.44 bits per heavy atom. The van der Waals surface area contributed by atoms with Crippen molar-refractivity contribution in [2.75, 3.05) is 24.5 Å². The second kappa shape index (κ2) is 13.9. The molecule has 6 heteroatoms. The molecular formula is C26H35ClN2O3. The molecule has 0 saturated carbocycles. The number of halogens is 1. The van der Waals surface area contributed by atoms with Gasteiger partial charge in [0.1, 0.15) is 5.92 Å². The molecule has 1 aliphatic rings. The first-order valence-corrected chi connectivity index (χ1v) is 11.6. The van der Waals surface area contributed by atoms with Crippen LogP contribution in [0.2, 0.25) is 0 Å². The molecule has 2 aromatic rings. The molecule has 0 spiro atoms. The largest absolute Gasteiger partial charge is 1.00 e. The number of carbonyl (C=O) groups is 2. The number of nitrogens with one attached hydrogen (secondary N) is 1. The van der Waals surface area contributed by atoms with E-state index in [1.165, 1.54) is 4.90 Å². The van der Waals surface area contributed by atoms with Gasteiger partial charge in [-0.3, -0.25) is 14.5 Å². The van der Waals surface area contributed by atoms with Crippen molar-refractivity contribution in [3.8, 4) is 0 Å². The average Bonchev–Trinajstić information content (AvgIpc) is 2.80. The predicted molar refractivity (Wildman–Crippen MR) is 124 cm³/mol. The van der Waals surface area contributed by atoms with Crippen molar-refractivity contribution in [3.05, 3.63) is 60.7 Å². The first kappa shape index (κ1) is 25.9. The molecule has 0 bridgehead atoms. The van der Waals surface area contributed by atoms with E-state index < -0.39 is 5.97 Å². The van der Waals surface area contributed by atoms with E-state index in [1.54, 1.807) is 0 Å². The van der Waals surface area contributed by atoms with Crippen molar-refractivity contribution in [1.29, 1.82) is 0 Å². The summed E-state index contributed by atoms with van der Waals surface area (Å²) in [5.74, 6) is -0.663. The maximum atomic E-state index is 13.0. The van der Waals surface area contributed by atoms with E-state index in [0.29, 0.717) is 6.42 Å². The van der Waals surface area contributed by atoms with E-state index >= 15 is 0 Å². The lowest BCUT2D eigenvalue weighted by Crippen LogP contribution is -3.13. The number of carboxylic acid groups (broad SMARTS) is 1. The molecule has 174 valence electrons. The highest BCUT2D eigenvalue weighted by Gasteiger charge is 2.27. The highest BCUT2D eigenvalue weighted by molar-refractivity contribution is 6.00. The number of piperidine rings is 1. The second-order valence-electron chi connectivity index (χ2n) is 8.55. The lowest BCUT2D eigenvalue weighted by molar-refractivity contribution is -0.907. The Kier molecular flexibility index (Phi) is 11.3. The number of nitrogens with zero attached hydrogens (tertiary/aromatic N) is 1. The van der Waals surface area contributed by atoms with Gasteiger partial charge in [0.25, 0.3) is 0 Å². The summed E-state index contributed by atoms with van der Waals surface area (Å²) in [6.07, 6.45) is 7.75. The Balaban J connectivity index is 0.00000363. The summed E-state index contributed by atoms with van der Waals surface area (Å²) in [6.45, 7) is 2.95. The third-order valence-corrected chi connectivity index (χ3v) is 6.17. The zero-order valence-electron chi connectivity index (χ0n) is 18.7. The van der Waals surface area contributed by atoms with Gasteiger partial charge in [0.15, 0.2) is 0 Å². The number of para-hydroxylation sites is 2. The van der Waals surface area contributed by atoms with Gasteiger partial charge in [-0.05, 0) is 56.4 Å². The normalized spacial score (nSPS) is 17.9. The van der Waals surface area contributed by atoms with Gasteiger partial charge in [0.05, 0.1) is 19.6 Å². The van der Waals surface area contributed by atoms with Gasteiger partial charge >= 0.3 is 5.97 Å². The number of quaternary nitrogens is 1. The maximum absolute atomic E-state index is 13.0. The number of benzene rings is 2. The molecule has 32 heavy (non-hydrogen) atoms. The number of anilines is 2. The minimum atomic E-state index is -0.637. The van der Waals surface area contributed by atoms with Gasteiger partial charge < -0.3 is 22.4 Å². The number of aliphatic carboxylic acids is 1. The highest BCUT2D eigenvalue weighted by atomic mass is 35.5. The number of hydrogen-bond donors (Lipinski definition) is 2. The fourth-order valence-corrected chi connectivity index (χ4v) is 4.47. The van der Waals surface area contributed by atoms with Crippen molar-refractivity contribution < 1.29 is 32.0 Å². The molecule has 1 heterocycles. The lowest BCUT2D eigenvalue weighted by Gasteiger charge is -2.27. The fraction of sp³-hybridized carbons (Fsp3) is 0.462. The molecule has 1 aliphatic heterocycles. The van der Waals surface area contributed by atoms with Crippen LogP contribution in [0.25, 0.3) is 0 Å². The summed E-state index contributed by atoms with van der Waals surface area (Å²) in [7, 11) is 0. The van der Waals surface area contributed by atoms with Crippen molar-refractivity contribution >= 4 is 23.3 Å².